The molecule has 0 amide bonds. The molecule has 1 aliphatic rings. The second kappa shape index (κ2) is 3.31. The van der Waals surface area contributed by atoms with Crippen LogP contribution in [-0.4, -0.2) is 13.1 Å². The topological polar surface area (TPSA) is 25.2 Å². The number of aryl methyl sites for hydroxylation is 1. The van der Waals surface area contributed by atoms with Gasteiger partial charge >= 0.3 is 0 Å². The molecule has 0 spiro atoms. The van der Waals surface area contributed by atoms with Crippen molar-refractivity contribution in [3.63, 3.8) is 0 Å². The van der Waals surface area contributed by atoms with Gasteiger partial charge < -0.3 is 9.73 Å². The van der Waals surface area contributed by atoms with E-state index in [-0.39, 0.29) is 0 Å². The van der Waals surface area contributed by atoms with Gasteiger partial charge in [-0.25, -0.2) is 0 Å². The number of furan rings is 1. The van der Waals surface area contributed by atoms with Crippen molar-refractivity contribution in [3.8, 4) is 0 Å². The van der Waals surface area contributed by atoms with Crippen LogP contribution in [0.2, 0.25) is 0 Å². The maximum atomic E-state index is 5.25. The third-order valence-corrected chi connectivity index (χ3v) is 2.64. The van der Waals surface area contributed by atoms with E-state index in [1.54, 1.807) is 6.26 Å². The van der Waals surface area contributed by atoms with Crippen molar-refractivity contribution in [1.29, 1.82) is 0 Å². The van der Waals surface area contributed by atoms with Crippen LogP contribution in [0.5, 0.6) is 0 Å². The number of rotatable bonds is 2. The fourth-order valence-electron chi connectivity index (χ4n) is 1.82. The standard InChI is InChI=1S/C10H15NO/c1-8-10(3-5-12-8)6-9-2-4-11-7-9/h3,5,9,11H,2,4,6-7H2,1H3. The summed E-state index contributed by atoms with van der Waals surface area (Å²) in [7, 11) is 0. The van der Waals surface area contributed by atoms with Crippen molar-refractivity contribution in [1.82, 2.24) is 5.32 Å². The Labute approximate surface area is 73.0 Å². The average Bonchev–Trinajstić information content (AvgIpc) is 2.65. The van der Waals surface area contributed by atoms with Gasteiger partial charge in [-0.1, -0.05) is 0 Å². The summed E-state index contributed by atoms with van der Waals surface area (Å²) in [5.74, 6) is 1.91. The smallest absolute Gasteiger partial charge is 0.103 e. The Bertz CT molecular complexity index is 248. The average molecular weight is 165 g/mol. The second-order valence-corrected chi connectivity index (χ2v) is 3.56. The van der Waals surface area contributed by atoms with Gasteiger partial charge in [0.1, 0.15) is 5.76 Å². The van der Waals surface area contributed by atoms with Crippen molar-refractivity contribution in [2.75, 3.05) is 13.1 Å². The molecule has 0 bridgehead atoms. The van der Waals surface area contributed by atoms with Gasteiger partial charge in [0.15, 0.2) is 0 Å². The highest BCUT2D eigenvalue weighted by molar-refractivity contribution is 5.16. The molecule has 0 radical (unpaired) electrons. The molecule has 1 N–H and O–H groups in total. The number of hydrogen-bond donors (Lipinski definition) is 1. The Balaban J connectivity index is 1.98. The summed E-state index contributed by atoms with van der Waals surface area (Å²) < 4.78 is 5.25. The lowest BCUT2D eigenvalue weighted by atomic mass is 9.99. The summed E-state index contributed by atoms with van der Waals surface area (Å²) in [4.78, 5) is 0. The van der Waals surface area contributed by atoms with Gasteiger partial charge in [-0.05, 0) is 50.4 Å². The molecule has 2 rings (SSSR count). The molecule has 1 unspecified atom stereocenters. The molecule has 1 aliphatic heterocycles. The predicted molar refractivity (Wildman–Crippen MR) is 48.1 cm³/mol. The summed E-state index contributed by atoms with van der Waals surface area (Å²) in [5, 5.41) is 3.37. The molecule has 12 heavy (non-hydrogen) atoms. The predicted octanol–water partition coefficient (Wildman–Crippen LogP) is 1.74. The van der Waals surface area contributed by atoms with Crippen molar-refractivity contribution < 1.29 is 4.42 Å². The lowest BCUT2D eigenvalue weighted by molar-refractivity contribution is 0.518. The van der Waals surface area contributed by atoms with Gasteiger partial charge in [0, 0.05) is 0 Å². The first kappa shape index (κ1) is 7.87. The Morgan fingerprint density at radius 3 is 3.17 bits per heavy atom. The van der Waals surface area contributed by atoms with Crippen LogP contribution in [0.1, 0.15) is 17.7 Å². The van der Waals surface area contributed by atoms with E-state index in [0.29, 0.717) is 0 Å². The molecule has 1 aromatic rings. The Hall–Kier alpha value is -0.760. The van der Waals surface area contributed by atoms with E-state index in [2.05, 4.69) is 11.4 Å². The molecule has 1 saturated heterocycles. The van der Waals surface area contributed by atoms with Crippen LogP contribution in [0.15, 0.2) is 16.7 Å². The molecule has 0 aliphatic carbocycles. The zero-order chi connectivity index (χ0) is 8.39. The van der Waals surface area contributed by atoms with E-state index in [9.17, 15) is 0 Å². The minimum atomic E-state index is 0.821. The van der Waals surface area contributed by atoms with E-state index in [1.165, 1.54) is 31.5 Å². The zero-order valence-corrected chi connectivity index (χ0v) is 7.47. The normalized spacial score (nSPS) is 23.2. The third kappa shape index (κ3) is 1.53. The minimum Gasteiger partial charge on any atom is -0.469 e. The molecule has 2 heteroatoms. The minimum absolute atomic E-state index is 0.821. The molecule has 66 valence electrons. The summed E-state index contributed by atoms with van der Waals surface area (Å²) >= 11 is 0. The van der Waals surface area contributed by atoms with Crippen LogP contribution in [-0.2, 0) is 6.42 Å². The molecule has 0 saturated carbocycles. The summed E-state index contributed by atoms with van der Waals surface area (Å²) in [6.45, 7) is 4.39. The summed E-state index contributed by atoms with van der Waals surface area (Å²) in [5.41, 5.74) is 1.38. The fourth-order valence-corrected chi connectivity index (χ4v) is 1.82. The van der Waals surface area contributed by atoms with Crippen LogP contribution in [0.25, 0.3) is 0 Å². The monoisotopic (exact) mass is 165 g/mol. The van der Waals surface area contributed by atoms with E-state index in [0.717, 1.165) is 11.7 Å². The van der Waals surface area contributed by atoms with E-state index in [4.69, 9.17) is 4.42 Å². The van der Waals surface area contributed by atoms with Crippen molar-refractivity contribution >= 4 is 0 Å². The second-order valence-electron chi connectivity index (χ2n) is 3.56. The highest BCUT2D eigenvalue weighted by Gasteiger charge is 2.16. The van der Waals surface area contributed by atoms with Crippen LogP contribution < -0.4 is 5.32 Å². The maximum Gasteiger partial charge on any atom is 0.103 e. The Kier molecular flexibility index (Phi) is 2.17. The van der Waals surface area contributed by atoms with Crippen LogP contribution in [0.3, 0.4) is 0 Å². The van der Waals surface area contributed by atoms with Gasteiger partial charge in [0.2, 0.25) is 0 Å². The van der Waals surface area contributed by atoms with Gasteiger partial charge in [0.05, 0.1) is 6.26 Å². The molecule has 1 fully saturated rings. The number of nitrogens with one attached hydrogen (secondary N) is 1. The lowest BCUT2D eigenvalue weighted by Gasteiger charge is -2.05. The molecule has 1 aromatic heterocycles. The zero-order valence-electron chi connectivity index (χ0n) is 7.47. The molecular weight excluding hydrogens is 150 g/mol. The highest BCUT2D eigenvalue weighted by Crippen LogP contribution is 2.18. The van der Waals surface area contributed by atoms with Crippen molar-refractivity contribution in [2.45, 2.75) is 19.8 Å². The van der Waals surface area contributed by atoms with Crippen LogP contribution in [0.4, 0.5) is 0 Å². The maximum absolute atomic E-state index is 5.25. The Morgan fingerprint density at radius 2 is 2.58 bits per heavy atom. The summed E-state index contributed by atoms with van der Waals surface area (Å²) in [6, 6.07) is 2.09. The first-order valence-electron chi connectivity index (χ1n) is 4.60. The van der Waals surface area contributed by atoms with Gasteiger partial charge in [-0.15, -0.1) is 0 Å². The van der Waals surface area contributed by atoms with E-state index >= 15 is 0 Å². The molecule has 2 nitrogen and oxygen atoms in total. The largest absolute Gasteiger partial charge is 0.469 e. The van der Waals surface area contributed by atoms with E-state index in [1.807, 2.05) is 6.92 Å². The fraction of sp³-hybridized carbons (Fsp3) is 0.600. The first-order chi connectivity index (χ1) is 5.86. The molecule has 0 aromatic carbocycles. The lowest BCUT2D eigenvalue weighted by Crippen LogP contribution is -2.10. The third-order valence-electron chi connectivity index (χ3n) is 2.64. The first-order valence-corrected chi connectivity index (χ1v) is 4.60. The summed E-state index contributed by atoms with van der Waals surface area (Å²) in [6.07, 6.45) is 4.27. The highest BCUT2D eigenvalue weighted by atomic mass is 16.3. The van der Waals surface area contributed by atoms with Gasteiger partial charge in [0.25, 0.3) is 0 Å². The quantitative estimate of drug-likeness (QED) is 0.722. The molecule has 1 atom stereocenters. The number of hydrogen-bond acceptors (Lipinski definition) is 2. The van der Waals surface area contributed by atoms with Crippen LogP contribution in [0, 0.1) is 12.8 Å². The van der Waals surface area contributed by atoms with Crippen LogP contribution >= 0.6 is 0 Å². The van der Waals surface area contributed by atoms with Gasteiger partial charge in [-0.2, -0.15) is 0 Å². The van der Waals surface area contributed by atoms with Gasteiger partial charge in [-0.3, -0.25) is 0 Å². The molecule has 2 heterocycles. The van der Waals surface area contributed by atoms with Crippen molar-refractivity contribution in [2.24, 2.45) is 5.92 Å². The molecular formula is C10H15NO. The SMILES string of the molecule is Cc1occc1CC1CCNC1. The van der Waals surface area contributed by atoms with E-state index < -0.39 is 0 Å². The Morgan fingerprint density at radius 1 is 1.67 bits per heavy atom. The van der Waals surface area contributed by atoms with Crippen molar-refractivity contribution in [3.05, 3.63) is 23.7 Å².